The maximum Gasteiger partial charge on any atom is 0.350 e. The monoisotopic (exact) mass is 544 g/mol. The fraction of sp³-hybridized carbons (Fsp3) is 0.276. The van der Waals surface area contributed by atoms with E-state index in [4.69, 9.17) is 16.0 Å². The lowest BCUT2D eigenvalue weighted by molar-refractivity contribution is 0.101. The van der Waals surface area contributed by atoms with E-state index in [2.05, 4.69) is 19.9 Å². The Labute approximate surface area is 230 Å². The second kappa shape index (κ2) is 10.6. The van der Waals surface area contributed by atoms with E-state index in [1.165, 1.54) is 15.6 Å². The molecule has 0 unspecified atom stereocenters. The van der Waals surface area contributed by atoms with Crippen LogP contribution in [0.4, 0.5) is 11.7 Å². The van der Waals surface area contributed by atoms with Gasteiger partial charge < -0.3 is 19.3 Å². The predicted molar refractivity (Wildman–Crippen MR) is 152 cm³/mol. The van der Waals surface area contributed by atoms with Crippen molar-refractivity contribution in [2.45, 2.75) is 25.5 Å². The molecule has 2 atom stereocenters. The van der Waals surface area contributed by atoms with Crippen molar-refractivity contribution >= 4 is 34.4 Å². The maximum absolute atomic E-state index is 13.3. The lowest BCUT2D eigenvalue weighted by Gasteiger charge is -2.35. The zero-order chi connectivity index (χ0) is 26.9. The maximum atomic E-state index is 13.3. The van der Waals surface area contributed by atoms with Gasteiger partial charge in [0.25, 0.3) is 6.01 Å². The van der Waals surface area contributed by atoms with Gasteiger partial charge in [-0.05, 0) is 60.5 Å². The molecule has 200 valence electrons. The van der Waals surface area contributed by atoms with Crippen molar-refractivity contribution in [3.05, 3.63) is 100 Å². The molecule has 10 heteroatoms. The third-order valence-corrected chi connectivity index (χ3v) is 7.58. The fourth-order valence-corrected chi connectivity index (χ4v) is 5.23. The first-order valence-electron chi connectivity index (χ1n) is 13.1. The minimum atomic E-state index is -0.885. The topological polar surface area (TPSA) is 92.6 Å². The van der Waals surface area contributed by atoms with E-state index in [0.29, 0.717) is 23.0 Å². The van der Waals surface area contributed by atoms with Gasteiger partial charge in [0.05, 0.1) is 11.7 Å². The first-order valence-corrected chi connectivity index (χ1v) is 13.4. The van der Waals surface area contributed by atoms with Crippen LogP contribution in [-0.4, -0.2) is 50.6 Å². The highest BCUT2D eigenvalue weighted by Gasteiger charge is 2.25. The number of aliphatic hydroxyl groups is 1. The number of anilines is 2. The molecule has 1 aliphatic rings. The zero-order valence-corrected chi connectivity index (χ0v) is 22.3. The van der Waals surface area contributed by atoms with Gasteiger partial charge in [-0.15, -0.1) is 0 Å². The van der Waals surface area contributed by atoms with E-state index in [1.807, 2.05) is 55.5 Å². The molecule has 3 heterocycles. The first kappa shape index (κ1) is 25.2. The minimum Gasteiger partial charge on any atom is -0.423 e. The minimum absolute atomic E-state index is 0.297. The van der Waals surface area contributed by atoms with Crippen LogP contribution in [0.2, 0.25) is 5.02 Å². The lowest BCUT2D eigenvalue weighted by atomic mass is 10.0. The van der Waals surface area contributed by atoms with Gasteiger partial charge in [-0.1, -0.05) is 42.8 Å². The second-order valence-electron chi connectivity index (χ2n) is 9.65. The number of fused-ring (bicyclic) bond motifs is 1. The van der Waals surface area contributed by atoms with E-state index in [9.17, 15) is 9.90 Å². The Bertz CT molecular complexity index is 1580. The second-order valence-corrected chi connectivity index (χ2v) is 10.1. The highest BCUT2D eigenvalue weighted by molar-refractivity contribution is 6.30. The summed E-state index contributed by atoms with van der Waals surface area (Å²) in [7, 11) is 0. The van der Waals surface area contributed by atoms with Gasteiger partial charge in [0.2, 0.25) is 0 Å². The smallest absolute Gasteiger partial charge is 0.350 e. The molecule has 6 rings (SSSR count). The summed E-state index contributed by atoms with van der Waals surface area (Å²) in [6.45, 7) is 5.19. The molecule has 2 aromatic heterocycles. The van der Waals surface area contributed by atoms with E-state index < -0.39 is 12.1 Å². The number of halogens is 1. The van der Waals surface area contributed by atoms with Crippen molar-refractivity contribution in [1.82, 2.24) is 19.3 Å². The highest BCUT2D eigenvalue weighted by Crippen LogP contribution is 2.29. The number of para-hydroxylation sites is 2. The van der Waals surface area contributed by atoms with Crippen molar-refractivity contribution in [3.63, 3.8) is 0 Å². The molecule has 9 nitrogen and oxygen atoms in total. The van der Waals surface area contributed by atoms with E-state index in [1.54, 1.807) is 24.3 Å². The normalized spacial score (nSPS) is 15.6. The van der Waals surface area contributed by atoms with Crippen molar-refractivity contribution < 1.29 is 9.52 Å². The van der Waals surface area contributed by atoms with Crippen LogP contribution < -0.4 is 15.5 Å². The Morgan fingerprint density at radius 1 is 0.923 bits per heavy atom. The SMILES string of the molecule is CC[C@H]([C@H](O)c1ccc(Cl)cc1)n1ncn(-c2ccc(N3CCN(c4nc5ccccc5o4)CC3)cc2)c1=O. The molecule has 0 amide bonds. The Balaban J connectivity index is 1.14. The van der Waals surface area contributed by atoms with Gasteiger partial charge in [-0.3, -0.25) is 0 Å². The Kier molecular flexibility index (Phi) is 6.85. The summed E-state index contributed by atoms with van der Waals surface area (Å²) in [5.41, 5.74) is 3.86. The van der Waals surface area contributed by atoms with Gasteiger partial charge in [0, 0.05) is 36.9 Å². The molecule has 3 aromatic carbocycles. The molecule has 0 saturated carbocycles. The zero-order valence-electron chi connectivity index (χ0n) is 21.5. The summed E-state index contributed by atoms with van der Waals surface area (Å²) >= 11 is 5.99. The van der Waals surface area contributed by atoms with Crippen LogP contribution in [0, 0.1) is 0 Å². The third-order valence-electron chi connectivity index (χ3n) is 7.33. The number of nitrogens with zero attached hydrogens (tertiary/aromatic N) is 6. The summed E-state index contributed by atoms with van der Waals surface area (Å²) in [5, 5.41) is 15.9. The predicted octanol–water partition coefficient (Wildman–Crippen LogP) is 4.84. The van der Waals surface area contributed by atoms with Crippen molar-refractivity contribution in [2.75, 3.05) is 36.0 Å². The average Bonchev–Trinajstić information content (AvgIpc) is 3.58. The number of benzene rings is 3. The van der Waals surface area contributed by atoms with Crippen LogP contribution in [0.3, 0.4) is 0 Å². The van der Waals surface area contributed by atoms with Crippen molar-refractivity contribution in [3.8, 4) is 5.69 Å². The largest absolute Gasteiger partial charge is 0.423 e. The van der Waals surface area contributed by atoms with Gasteiger partial charge in [-0.25, -0.2) is 14.0 Å². The molecule has 0 aliphatic carbocycles. The van der Waals surface area contributed by atoms with E-state index in [-0.39, 0.29) is 5.69 Å². The van der Waals surface area contributed by atoms with E-state index >= 15 is 0 Å². The molecular formula is C29H29ClN6O3. The van der Waals surface area contributed by atoms with Crippen molar-refractivity contribution in [2.24, 2.45) is 0 Å². The number of oxazole rings is 1. The van der Waals surface area contributed by atoms with Gasteiger partial charge >= 0.3 is 5.69 Å². The summed E-state index contributed by atoms with van der Waals surface area (Å²) < 4.78 is 8.80. The van der Waals surface area contributed by atoms with Crippen molar-refractivity contribution in [1.29, 1.82) is 0 Å². The number of aromatic nitrogens is 4. The van der Waals surface area contributed by atoms with Crippen LogP contribution in [0.5, 0.6) is 0 Å². The van der Waals surface area contributed by atoms with E-state index in [0.717, 1.165) is 48.7 Å². The third kappa shape index (κ3) is 4.91. The quantitative estimate of drug-likeness (QED) is 0.313. The van der Waals surface area contributed by atoms with Crippen LogP contribution >= 0.6 is 11.6 Å². The van der Waals surface area contributed by atoms with Gasteiger partial charge in [0.15, 0.2) is 5.58 Å². The fourth-order valence-electron chi connectivity index (χ4n) is 5.11. The Morgan fingerprint density at radius 3 is 2.28 bits per heavy atom. The van der Waals surface area contributed by atoms with Gasteiger partial charge in [-0.2, -0.15) is 10.1 Å². The molecule has 0 spiro atoms. The first-order chi connectivity index (χ1) is 19.0. The molecule has 1 aliphatic heterocycles. The standard InChI is InChI=1S/C29H29ClN6O3/c1-2-25(27(37)20-7-9-21(30)10-8-20)36-29(38)35(19-31-36)23-13-11-22(12-14-23)33-15-17-34(18-16-33)28-32-24-5-3-4-6-26(24)39-28/h3-14,19,25,27,37H,2,15-18H2,1H3/t25-,27-/m1/s1. The average molecular weight is 545 g/mol. The lowest BCUT2D eigenvalue weighted by Crippen LogP contribution is -2.46. The number of piperazine rings is 1. The number of hydrogen-bond acceptors (Lipinski definition) is 7. The molecule has 1 saturated heterocycles. The van der Waals surface area contributed by atoms with Crippen LogP contribution in [0.15, 0.2) is 88.3 Å². The molecule has 39 heavy (non-hydrogen) atoms. The summed E-state index contributed by atoms with van der Waals surface area (Å²) in [6.07, 6.45) is 1.16. The van der Waals surface area contributed by atoms with Crippen LogP contribution in [-0.2, 0) is 0 Å². The Hall–Kier alpha value is -4.08. The highest BCUT2D eigenvalue weighted by atomic mass is 35.5. The molecular weight excluding hydrogens is 516 g/mol. The Morgan fingerprint density at radius 2 is 1.59 bits per heavy atom. The number of aliphatic hydroxyl groups excluding tert-OH is 1. The van der Waals surface area contributed by atoms with Crippen LogP contribution in [0.25, 0.3) is 16.8 Å². The van der Waals surface area contributed by atoms with Crippen LogP contribution in [0.1, 0.15) is 31.1 Å². The number of hydrogen-bond donors (Lipinski definition) is 1. The number of rotatable bonds is 7. The molecule has 0 radical (unpaired) electrons. The summed E-state index contributed by atoms with van der Waals surface area (Å²) in [5.74, 6) is 0. The summed E-state index contributed by atoms with van der Waals surface area (Å²) in [4.78, 5) is 22.4. The molecule has 5 aromatic rings. The molecule has 1 fully saturated rings. The molecule has 0 bridgehead atoms. The molecule has 1 N–H and O–H groups in total. The van der Waals surface area contributed by atoms with Gasteiger partial charge in [0.1, 0.15) is 17.9 Å². The summed E-state index contributed by atoms with van der Waals surface area (Å²) in [6, 6.07) is 22.8.